The molecule has 1 atom stereocenters. The molecule has 1 aromatic rings. The van der Waals surface area contributed by atoms with Crippen LogP contribution >= 0.6 is 15.9 Å². The molecule has 0 aromatic heterocycles. The Morgan fingerprint density at radius 3 is 2.84 bits per heavy atom. The van der Waals surface area contributed by atoms with Crippen molar-refractivity contribution in [2.75, 3.05) is 20.3 Å². The molecule has 1 aromatic carbocycles. The predicted octanol–water partition coefficient (Wildman–Crippen LogP) is 1.63. The number of ether oxygens (including phenoxy) is 1. The molecule has 3 N–H and O–H groups in total. The van der Waals surface area contributed by atoms with Gasteiger partial charge in [0.1, 0.15) is 0 Å². The summed E-state index contributed by atoms with van der Waals surface area (Å²) in [6.07, 6.45) is 0.147. The van der Waals surface area contributed by atoms with E-state index in [9.17, 15) is 9.90 Å². The van der Waals surface area contributed by atoms with E-state index in [0.717, 1.165) is 10.0 Å². The lowest BCUT2D eigenvalue weighted by atomic mass is 10.1. The number of hydrogen-bond acceptors (Lipinski definition) is 4. The van der Waals surface area contributed by atoms with Gasteiger partial charge in [-0.15, -0.1) is 0 Å². The van der Waals surface area contributed by atoms with Crippen molar-refractivity contribution in [1.29, 1.82) is 0 Å². The first-order valence-corrected chi connectivity index (χ1v) is 6.73. The fourth-order valence-electron chi connectivity index (χ4n) is 1.59. The van der Waals surface area contributed by atoms with Crippen LogP contribution in [0.15, 0.2) is 22.7 Å². The van der Waals surface area contributed by atoms with E-state index in [-0.39, 0.29) is 5.56 Å². The first-order chi connectivity index (χ1) is 9.04. The molecule has 0 aliphatic rings. The van der Waals surface area contributed by atoms with Gasteiger partial charge in [0, 0.05) is 18.1 Å². The highest BCUT2D eigenvalue weighted by Crippen LogP contribution is 2.18. The summed E-state index contributed by atoms with van der Waals surface area (Å²) in [7, 11) is 1.55. The Bertz CT molecular complexity index is 425. The Morgan fingerprint density at radius 1 is 1.53 bits per heavy atom. The highest BCUT2D eigenvalue weighted by atomic mass is 79.9. The first-order valence-electron chi connectivity index (χ1n) is 5.94. The number of aliphatic hydroxyl groups excluding tert-OH is 1. The summed E-state index contributed by atoms with van der Waals surface area (Å²) in [4.78, 5) is 10.8. The van der Waals surface area contributed by atoms with Gasteiger partial charge >= 0.3 is 5.97 Å². The minimum atomic E-state index is -0.942. The molecule has 1 rings (SSSR count). The van der Waals surface area contributed by atoms with Crippen LogP contribution < -0.4 is 5.32 Å². The zero-order chi connectivity index (χ0) is 14.3. The molecule has 6 heteroatoms. The van der Waals surface area contributed by atoms with Gasteiger partial charge in [-0.3, -0.25) is 0 Å². The van der Waals surface area contributed by atoms with Crippen molar-refractivity contribution in [2.24, 2.45) is 0 Å². The maximum Gasteiger partial charge on any atom is 0.335 e. The van der Waals surface area contributed by atoms with E-state index in [0.29, 0.717) is 26.1 Å². The van der Waals surface area contributed by atoms with Gasteiger partial charge in [-0.1, -0.05) is 22.0 Å². The van der Waals surface area contributed by atoms with Crippen LogP contribution in [0.1, 0.15) is 22.3 Å². The van der Waals surface area contributed by atoms with Crippen LogP contribution in [0.25, 0.3) is 0 Å². The van der Waals surface area contributed by atoms with E-state index in [4.69, 9.17) is 9.84 Å². The number of nitrogens with one attached hydrogen (secondary N) is 1. The van der Waals surface area contributed by atoms with E-state index in [1.54, 1.807) is 25.3 Å². The predicted molar refractivity (Wildman–Crippen MR) is 75.3 cm³/mol. The van der Waals surface area contributed by atoms with E-state index >= 15 is 0 Å². The van der Waals surface area contributed by atoms with E-state index < -0.39 is 12.1 Å². The monoisotopic (exact) mass is 331 g/mol. The number of aromatic carboxylic acids is 1. The molecule has 0 amide bonds. The molecule has 5 nitrogen and oxygen atoms in total. The van der Waals surface area contributed by atoms with E-state index in [2.05, 4.69) is 21.2 Å². The SMILES string of the molecule is COCC(O)CCNCc1ccc(C(=O)O)cc1Br. The highest BCUT2D eigenvalue weighted by Gasteiger charge is 2.07. The smallest absolute Gasteiger partial charge is 0.335 e. The van der Waals surface area contributed by atoms with Crippen LogP contribution in [0, 0.1) is 0 Å². The summed E-state index contributed by atoms with van der Waals surface area (Å²) in [6.45, 7) is 1.61. The van der Waals surface area contributed by atoms with Crippen LogP contribution in [-0.4, -0.2) is 42.5 Å². The van der Waals surface area contributed by atoms with E-state index in [1.165, 1.54) is 0 Å². The number of carboxylic acid groups (broad SMARTS) is 1. The second-order valence-electron chi connectivity index (χ2n) is 4.19. The van der Waals surface area contributed by atoms with Crippen molar-refractivity contribution in [3.8, 4) is 0 Å². The first kappa shape index (κ1) is 16.1. The zero-order valence-electron chi connectivity index (χ0n) is 10.7. The van der Waals surface area contributed by atoms with Gasteiger partial charge < -0.3 is 20.3 Å². The lowest BCUT2D eigenvalue weighted by Crippen LogP contribution is -2.23. The minimum Gasteiger partial charge on any atom is -0.478 e. The lowest BCUT2D eigenvalue weighted by Gasteiger charge is -2.11. The summed E-state index contributed by atoms with van der Waals surface area (Å²) in [6, 6.07) is 4.93. The largest absolute Gasteiger partial charge is 0.478 e. The number of hydrogen-bond donors (Lipinski definition) is 3. The quantitative estimate of drug-likeness (QED) is 0.631. The number of aliphatic hydroxyl groups is 1. The summed E-state index contributed by atoms with van der Waals surface area (Å²) in [5.74, 6) is -0.942. The maximum absolute atomic E-state index is 10.8. The Kier molecular flexibility index (Phi) is 7.01. The zero-order valence-corrected chi connectivity index (χ0v) is 12.3. The van der Waals surface area contributed by atoms with Crippen molar-refractivity contribution in [1.82, 2.24) is 5.32 Å². The molecule has 106 valence electrons. The van der Waals surface area contributed by atoms with Crippen molar-refractivity contribution in [3.05, 3.63) is 33.8 Å². The molecule has 0 saturated heterocycles. The molecule has 19 heavy (non-hydrogen) atoms. The summed E-state index contributed by atoms with van der Waals surface area (Å²) >= 11 is 3.35. The third-order valence-corrected chi connectivity index (χ3v) is 3.37. The van der Waals surface area contributed by atoms with Crippen molar-refractivity contribution in [2.45, 2.75) is 19.1 Å². The van der Waals surface area contributed by atoms with Gasteiger partial charge in [-0.25, -0.2) is 4.79 Å². The number of carbonyl (C=O) groups is 1. The molecule has 0 radical (unpaired) electrons. The summed E-state index contributed by atoms with van der Waals surface area (Å²) in [5.41, 5.74) is 1.23. The van der Waals surface area contributed by atoms with Crippen molar-refractivity contribution >= 4 is 21.9 Å². The standard InChI is InChI=1S/C13H18BrNO4/c1-19-8-11(16)4-5-15-7-10-3-2-9(13(17)18)6-12(10)14/h2-3,6,11,15-16H,4-5,7-8H2,1H3,(H,17,18). The molecule has 0 spiro atoms. The van der Waals surface area contributed by atoms with Crippen LogP contribution in [0.5, 0.6) is 0 Å². The van der Waals surface area contributed by atoms with Crippen LogP contribution in [0.2, 0.25) is 0 Å². The molecule has 0 bridgehead atoms. The van der Waals surface area contributed by atoms with Gasteiger partial charge in [0.15, 0.2) is 0 Å². The third-order valence-electron chi connectivity index (χ3n) is 2.63. The molecular formula is C13H18BrNO4. The lowest BCUT2D eigenvalue weighted by molar-refractivity contribution is 0.0594. The minimum absolute atomic E-state index is 0.256. The average Bonchev–Trinajstić information content (AvgIpc) is 2.36. The molecule has 0 fully saturated rings. The number of rotatable bonds is 8. The van der Waals surface area contributed by atoms with Crippen molar-refractivity contribution in [3.63, 3.8) is 0 Å². The molecule has 0 saturated carbocycles. The van der Waals surface area contributed by atoms with Gasteiger partial charge in [0.25, 0.3) is 0 Å². The Hall–Kier alpha value is -0.950. The average molecular weight is 332 g/mol. The normalized spacial score (nSPS) is 12.4. The topological polar surface area (TPSA) is 78.8 Å². The Balaban J connectivity index is 2.39. The Labute approximate surface area is 120 Å². The van der Waals surface area contributed by atoms with Crippen LogP contribution in [-0.2, 0) is 11.3 Å². The molecule has 1 unspecified atom stereocenters. The van der Waals surface area contributed by atoms with Gasteiger partial charge in [-0.05, 0) is 30.7 Å². The number of halogens is 1. The molecular weight excluding hydrogens is 314 g/mol. The summed E-state index contributed by atoms with van der Waals surface area (Å²) in [5, 5.41) is 21.5. The fraction of sp³-hybridized carbons (Fsp3) is 0.462. The molecule has 0 aliphatic carbocycles. The molecule has 0 heterocycles. The maximum atomic E-state index is 10.8. The van der Waals surface area contributed by atoms with E-state index in [1.807, 2.05) is 0 Å². The molecule has 0 aliphatic heterocycles. The number of benzene rings is 1. The van der Waals surface area contributed by atoms with Gasteiger partial charge in [0.05, 0.1) is 18.3 Å². The van der Waals surface area contributed by atoms with Gasteiger partial charge in [-0.2, -0.15) is 0 Å². The number of methoxy groups -OCH3 is 1. The van der Waals surface area contributed by atoms with Crippen molar-refractivity contribution < 1.29 is 19.7 Å². The Morgan fingerprint density at radius 2 is 2.26 bits per heavy atom. The highest BCUT2D eigenvalue weighted by molar-refractivity contribution is 9.10. The third kappa shape index (κ3) is 5.69. The van der Waals surface area contributed by atoms with Crippen LogP contribution in [0.4, 0.5) is 0 Å². The number of carboxylic acids is 1. The second kappa shape index (κ2) is 8.27. The van der Waals surface area contributed by atoms with Gasteiger partial charge in [0.2, 0.25) is 0 Å². The fourth-order valence-corrected chi connectivity index (χ4v) is 2.11. The van der Waals surface area contributed by atoms with Crippen LogP contribution in [0.3, 0.4) is 0 Å². The summed E-state index contributed by atoms with van der Waals surface area (Å²) < 4.78 is 5.59. The second-order valence-corrected chi connectivity index (χ2v) is 5.04.